The van der Waals surface area contributed by atoms with E-state index in [1.807, 2.05) is 36.4 Å². The molecule has 0 saturated carbocycles. The van der Waals surface area contributed by atoms with Gasteiger partial charge in [-0.05, 0) is 48.5 Å². The van der Waals surface area contributed by atoms with Crippen molar-refractivity contribution in [1.82, 2.24) is 19.5 Å². The standard InChI is InChI=1S/C49H30N4O/c1-3-14-31(15-4-1)40-30-41(52-49(51-40)34-18-13-19-35(28-34)53-43-23-10-7-20-36(43)37-21-8-11-24-44(37)53)33-26-27-38-42(29-33)50-47(32-16-5-2-6-17-32)46-39-22-9-12-25-45(39)54-48(38)46/h1-30H. The molecule has 0 fully saturated rings. The fraction of sp³-hybridized carbons (Fsp3) is 0. The van der Waals surface area contributed by atoms with Crippen LogP contribution in [0.2, 0.25) is 0 Å². The average molecular weight is 691 g/mol. The Morgan fingerprint density at radius 3 is 1.76 bits per heavy atom. The van der Waals surface area contributed by atoms with Crippen LogP contribution in [0.15, 0.2) is 186 Å². The maximum absolute atomic E-state index is 6.56. The molecule has 54 heavy (non-hydrogen) atoms. The van der Waals surface area contributed by atoms with Gasteiger partial charge in [0, 0.05) is 49.5 Å². The van der Waals surface area contributed by atoms with Crippen LogP contribution in [0.4, 0.5) is 0 Å². The number of hydrogen-bond acceptors (Lipinski definition) is 4. The van der Waals surface area contributed by atoms with Crippen LogP contribution in [0.1, 0.15) is 0 Å². The molecule has 0 aliphatic carbocycles. The van der Waals surface area contributed by atoms with Gasteiger partial charge < -0.3 is 8.98 Å². The molecule has 252 valence electrons. The predicted octanol–water partition coefficient (Wildman–Crippen LogP) is 12.7. The molecule has 11 rings (SSSR count). The van der Waals surface area contributed by atoms with Gasteiger partial charge in [0.1, 0.15) is 11.2 Å². The van der Waals surface area contributed by atoms with Crippen molar-refractivity contribution >= 4 is 54.6 Å². The summed E-state index contributed by atoms with van der Waals surface area (Å²) < 4.78 is 8.88. The van der Waals surface area contributed by atoms with Crippen molar-refractivity contribution in [3.8, 4) is 50.8 Å². The highest BCUT2D eigenvalue weighted by molar-refractivity contribution is 6.19. The maximum Gasteiger partial charge on any atom is 0.160 e. The molecule has 0 aliphatic heterocycles. The van der Waals surface area contributed by atoms with Gasteiger partial charge in [0.2, 0.25) is 0 Å². The number of benzene rings is 7. The first-order valence-corrected chi connectivity index (χ1v) is 18.1. The fourth-order valence-corrected chi connectivity index (χ4v) is 7.89. The largest absolute Gasteiger partial charge is 0.455 e. The number of nitrogens with zero attached hydrogens (tertiary/aromatic N) is 4. The van der Waals surface area contributed by atoms with Crippen LogP contribution in [0.3, 0.4) is 0 Å². The summed E-state index contributed by atoms with van der Waals surface area (Å²) in [5.74, 6) is 0.653. The molecule has 0 saturated heterocycles. The Kier molecular flexibility index (Phi) is 6.79. The summed E-state index contributed by atoms with van der Waals surface area (Å²) >= 11 is 0. The minimum atomic E-state index is 0.653. The molecule has 0 bridgehead atoms. The lowest BCUT2D eigenvalue weighted by Gasteiger charge is -2.13. The van der Waals surface area contributed by atoms with E-state index < -0.39 is 0 Å². The van der Waals surface area contributed by atoms with Gasteiger partial charge in [-0.3, -0.25) is 0 Å². The fourth-order valence-electron chi connectivity index (χ4n) is 7.89. The van der Waals surface area contributed by atoms with Gasteiger partial charge in [0.25, 0.3) is 0 Å². The Morgan fingerprint density at radius 1 is 0.407 bits per heavy atom. The molecular weight excluding hydrogens is 661 g/mol. The average Bonchev–Trinajstić information content (AvgIpc) is 3.80. The number of furan rings is 1. The molecule has 0 spiro atoms. The third kappa shape index (κ3) is 4.83. The molecule has 11 aromatic rings. The number of aromatic nitrogens is 4. The van der Waals surface area contributed by atoms with Crippen LogP contribution in [0.5, 0.6) is 0 Å². The predicted molar refractivity (Wildman–Crippen MR) is 221 cm³/mol. The SMILES string of the molecule is c1ccc(-c2cc(-c3ccc4c(c3)nc(-c3ccccc3)c3c5ccccc5oc43)nc(-c3cccc(-n4c5ccccc5c5ccccc54)c3)n2)cc1. The summed E-state index contributed by atoms with van der Waals surface area (Å²) in [5.41, 5.74) is 12.4. The van der Waals surface area contributed by atoms with E-state index in [1.165, 1.54) is 10.8 Å². The van der Waals surface area contributed by atoms with Crippen LogP contribution in [0.25, 0.3) is 105 Å². The molecule has 0 aliphatic rings. The first-order valence-electron chi connectivity index (χ1n) is 18.1. The van der Waals surface area contributed by atoms with Crippen molar-refractivity contribution in [2.75, 3.05) is 0 Å². The first-order chi connectivity index (χ1) is 26.8. The van der Waals surface area contributed by atoms with Gasteiger partial charge in [-0.1, -0.05) is 133 Å². The summed E-state index contributed by atoms with van der Waals surface area (Å²) in [6.45, 7) is 0. The first kappa shape index (κ1) is 30.3. The molecule has 7 aromatic carbocycles. The van der Waals surface area contributed by atoms with Crippen molar-refractivity contribution in [2.45, 2.75) is 0 Å². The van der Waals surface area contributed by atoms with Gasteiger partial charge >= 0.3 is 0 Å². The second-order valence-electron chi connectivity index (χ2n) is 13.6. The van der Waals surface area contributed by atoms with Crippen molar-refractivity contribution in [1.29, 1.82) is 0 Å². The highest BCUT2D eigenvalue weighted by Crippen LogP contribution is 2.41. The second-order valence-corrected chi connectivity index (χ2v) is 13.6. The van der Waals surface area contributed by atoms with Crippen LogP contribution >= 0.6 is 0 Å². The summed E-state index contributed by atoms with van der Waals surface area (Å²) in [6, 6.07) is 63.0. The number of hydrogen-bond donors (Lipinski definition) is 0. The zero-order valence-electron chi connectivity index (χ0n) is 29.0. The van der Waals surface area contributed by atoms with E-state index in [0.29, 0.717) is 5.82 Å². The monoisotopic (exact) mass is 690 g/mol. The normalized spacial score (nSPS) is 11.7. The molecule has 0 unspecified atom stereocenters. The zero-order valence-corrected chi connectivity index (χ0v) is 29.0. The van der Waals surface area contributed by atoms with Gasteiger partial charge in [0.15, 0.2) is 5.82 Å². The summed E-state index contributed by atoms with van der Waals surface area (Å²) in [7, 11) is 0. The van der Waals surface area contributed by atoms with Gasteiger partial charge in [-0.25, -0.2) is 15.0 Å². The molecular formula is C49H30N4O. The Balaban J connectivity index is 1.11. The van der Waals surface area contributed by atoms with Gasteiger partial charge in [-0.15, -0.1) is 0 Å². The highest BCUT2D eigenvalue weighted by atomic mass is 16.3. The van der Waals surface area contributed by atoms with E-state index in [1.54, 1.807) is 0 Å². The van der Waals surface area contributed by atoms with Crippen molar-refractivity contribution in [2.24, 2.45) is 0 Å². The van der Waals surface area contributed by atoms with Crippen LogP contribution < -0.4 is 0 Å². The molecule has 0 atom stereocenters. The number of rotatable bonds is 5. The Labute approximate surface area is 310 Å². The maximum atomic E-state index is 6.56. The zero-order chi connectivity index (χ0) is 35.6. The van der Waals surface area contributed by atoms with Crippen molar-refractivity contribution in [3.63, 3.8) is 0 Å². The minimum Gasteiger partial charge on any atom is -0.455 e. The Hall–Kier alpha value is -7.37. The summed E-state index contributed by atoms with van der Waals surface area (Å²) in [5, 5.41) is 5.49. The number of fused-ring (bicyclic) bond motifs is 8. The molecule has 0 radical (unpaired) electrons. The lowest BCUT2D eigenvalue weighted by molar-refractivity contribution is 0.672. The van der Waals surface area contributed by atoms with E-state index in [-0.39, 0.29) is 0 Å². The number of para-hydroxylation sites is 3. The second kappa shape index (κ2) is 12.1. The highest BCUT2D eigenvalue weighted by Gasteiger charge is 2.19. The number of pyridine rings is 1. The smallest absolute Gasteiger partial charge is 0.160 e. The van der Waals surface area contributed by atoms with Crippen molar-refractivity contribution < 1.29 is 4.42 Å². The molecule has 5 heteroatoms. The van der Waals surface area contributed by atoms with E-state index in [4.69, 9.17) is 19.4 Å². The summed E-state index contributed by atoms with van der Waals surface area (Å²) in [6.07, 6.45) is 0. The molecule has 5 nitrogen and oxygen atoms in total. The Bertz CT molecular complexity index is 3160. The van der Waals surface area contributed by atoms with E-state index in [2.05, 4.69) is 150 Å². The molecule has 4 aromatic heterocycles. The third-order valence-electron chi connectivity index (χ3n) is 10.4. The quantitative estimate of drug-likeness (QED) is 0.180. The molecule has 4 heterocycles. The van der Waals surface area contributed by atoms with Gasteiger partial charge in [-0.2, -0.15) is 0 Å². The summed E-state index contributed by atoms with van der Waals surface area (Å²) in [4.78, 5) is 15.8. The van der Waals surface area contributed by atoms with Gasteiger partial charge in [0.05, 0.1) is 39.0 Å². The van der Waals surface area contributed by atoms with Crippen LogP contribution in [-0.2, 0) is 0 Å². The molecule has 0 amide bonds. The molecule has 0 N–H and O–H groups in total. The van der Waals surface area contributed by atoms with Crippen molar-refractivity contribution in [3.05, 3.63) is 182 Å². The van der Waals surface area contributed by atoms with E-state index in [0.717, 1.165) is 88.9 Å². The van der Waals surface area contributed by atoms with E-state index in [9.17, 15) is 0 Å². The lowest BCUT2D eigenvalue weighted by atomic mass is 10.0. The third-order valence-corrected chi connectivity index (χ3v) is 10.4. The van der Waals surface area contributed by atoms with E-state index >= 15 is 0 Å². The van der Waals surface area contributed by atoms with Crippen LogP contribution in [0, 0.1) is 0 Å². The lowest BCUT2D eigenvalue weighted by Crippen LogP contribution is -1.98. The van der Waals surface area contributed by atoms with Crippen LogP contribution in [-0.4, -0.2) is 19.5 Å². The minimum absolute atomic E-state index is 0.653. The Morgan fingerprint density at radius 2 is 1.02 bits per heavy atom. The topological polar surface area (TPSA) is 56.7 Å².